The van der Waals surface area contributed by atoms with Crippen LogP contribution in [0.5, 0.6) is 0 Å². The predicted octanol–water partition coefficient (Wildman–Crippen LogP) is 5.43. The standard InChI is InChI=1S/C32H57NO4/c1-21(2)7-6-8-22(3)25-9-10-26-24-20-32(30(33,15-17-34)16-18-35)31(37-32)19-23(36)11-14-29(31,5)27(24)12-13-28(25,26)4/h21-27,34-36H,6-20,33H2,1-5H3/t22-,23+,24+,25-,26+,27+,28-,29-,31-,32-/m1/s1. The van der Waals surface area contributed by atoms with Crippen LogP contribution < -0.4 is 5.73 Å². The molecule has 5 nitrogen and oxygen atoms in total. The van der Waals surface area contributed by atoms with Crippen LogP contribution in [-0.4, -0.2) is 51.4 Å². The summed E-state index contributed by atoms with van der Waals surface area (Å²) in [6, 6.07) is 0. The number of nitrogens with two attached hydrogens (primary N) is 1. The highest BCUT2D eigenvalue weighted by molar-refractivity contribution is 5.37. The molecule has 0 bridgehead atoms. The van der Waals surface area contributed by atoms with E-state index in [9.17, 15) is 15.3 Å². The molecule has 1 aliphatic heterocycles. The topological polar surface area (TPSA) is 99.2 Å². The largest absolute Gasteiger partial charge is 0.396 e. The highest BCUT2D eigenvalue weighted by Crippen LogP contribution is 2.80. The van der Waals surface area contributed by atoms with Gasteiger partial charge in [0.05, 0.1) is 11.6 Å². The van der Waals surface area contributed by atoms with E-state index in [4.69, 9.17) is 10.5 Å². The molecule has 4 saturated carbocycles. The van der Waals surface area contributed by atoms with Crippen LogP contribution in [0.25, 0.3) is 0 Å². The Morgan fingerprint density at radius 1 is 0.919 bits per heavy atom. The third-order valence-corrected chi connectivity index (χ3v) is 13.3. The van der Waals surface area contributed by atoms with E-state index in [0.29, 0.717) is 42.4 Å². The highest BCUT2D eigenvalue weighted by atomic mass is 16.6. The Balaban J connectivity index is 1.47. The number of hydrogen-bond donors (Lipinski definition) is 4. The van der Waals surface area contributed by atoms with E-state index >= 15 is 0 Å². The number of hydrogen-bond acceptors (Lipinski definition) is 5. The Labute approximate surface area is 226 Å². The van der Waals surface area contributed by atoms with Crippen LogP contribution >= 0.6 is 0 Å². The summed E-state index contributed by atoms with van der Waals surface area (Å²) < 4.78 is 7.02. The Bertz CT molecular complexity index is 828. The summed E-state index contributed by atoms with van der Waals surface area (Å²) in [5.74, 6) is 4.23. The maximum Gasteiger partial charge on any atom is 0.117 e. The molecule has 0 aromatic rings. The van der Waals surface area contributed by atoms with Crippen molar-refractivity contribution in [1.29, 1.82) is 0 Å². The van der Waals surface area contributed by atoms with E-state index in [1.165, 1.54) is 44.9 Å². The third kappa shape index (κ3) is 3.95. The van der Waals surface area contributed by atoms with Gasteiger partial charge in [-0.05, 0) is 98.7 Å². The van der Waals surface area contributed by atoms with Gasteiger partial charge in [-0.2, -0.15) is 0 Å². The first-order valence-electron chi connectivity index (χ1n) is 15.8. The van der Waals surface area contributed by atoms with Gasteiger partial charge in [0.15, 0.2) is 0 Å². The lowest BCUT2D eigenvalue weighted by Gasteiger charge is -2.62. The van der Waals surface area contributed by atoms with E-state index in [1.807, 2.05) is 0 Å². The second kappa shape index (κ2) is 9.72. The van der Waals surface area contributed by atoms with Gasteiger partial charge in [-0.15, -0.1) is 0 Å². The maximum atomic E-state index is 10.9. The Hall–Kier alpha value is -0.200. The summed E-state index contributed by atoms with van der Waals surface area (Å²) in [4.78, 5) is 0. The van der Waals surface area contributed by atoms with E-state index in [0.717, 1.165) is 37.0 Å². The summed E-state index contributed by atoms with van der Waals surface area (Å²) >= 11 is 0. The Morgan fingerprint density at radius 2 is 1.62 bits per heavy atom. The number of aliphatic hydroxyl groups excluding tert-OH is 3. The van der Waals surface area contributed by atoms with Gasteiger partial charge in [0.2, 0.25) is 0 Å². The second-order valence-corrected chi connectivity index (χ2v) is 15.3. The maximum absolute atomic E-state index is 10.9. The molecule has 0 amide bonds. The molecule has 1 spiro atoms. The molecule has 5 aliphatic rings. The second-order valence-electron chi connectivity index (χ2n) is 15.3. The summed E-state index contributed by atoms with van der Waals surface area (Å²) in [5.41, 5.74) is 5.82. The van der Waals surface area contributed by atoms with Crippen LogP contribution in [-0.2, 0) is 4.74 Å². The minimum absolute atomic E-state index is 0.00215. The van der Waals surface area contributed by atoms with E-state index < -0.39 is 16.7 Å². The van der Waals surface area contributed by atoms with Gasteiger partial charge in [0.25, 0.3) is 0 Å². The summed E-state index contributed by atoms with van der Waals surface area (Å²) in [6.07, 6.45) is 13.2. The molecule has 0 aromatic carbocycles. The fourth-order valence-electron chi connectivity index (χ4n) is 11.4. The molecule has 0 unspecified atom stereocenters. The van der Waals surface area contributed by atoms with E-state index in [-0.39, 0.29) is 24.7 Å². The van der Waals surface area contributed by atoms with Crippen molar-refractivity contribution >= 4 is 0 Å². The summed E-state index contributed by atoms with van der Waals surface area (Å²) in [5, 5.41) is 31.0. The zero-order chi connectivity index (χ0) is 26.9. The van der Waals surface area contributed by atoms with Crippen molar-refractivity contribution in [2.45, 2.75) is 141 Å². The first-order valence-corrected chi connectivity index (χ1v) is 15.8. The van der Waals surface area contributed by atoms with Gasteiger partial charge in [0.1, 0.15) is 11.2 Å². The fraction of sp³-hybridized carbons (Fsp3) is 1.00. The average molecular weight is 520 g/mol. The molecular weight excluding hydrogens is 462 g/mol. The minimum Gasteiger partial charge on any atom is -0.396 e. The molecule has 1 saturated heterocycles. The van der Waals surface area contributed by atoms with Crippen molar-refractivity contribution in [2.75, 3.05) is 13.2 Å². The number of epoxide rings is 1. The van der Waals surface area contributed by atoms with Crippen LogP contribution in [0.4, 0.5) is 0 Å². The monoisotopic (exact) mass is 519 g/mol. The lowest BCUT2D eigenvalue weighted by atomic mass is 9.40. The lowest BCUT2D eigenvalue weighted by Crippen LogP contribution is -2.68. The highest BCUT2D eigenvalue weighted by Gasteiger charge is 2.87. The van der Waals surface area contributed by atoms with Crippen LogP contribution in [0.1, 0.15) is 118 Å². The van der Waals surface area contributed by atoms with Gasteiger partial charge in [-0.25, -0.2) is 0 Å². The van der Waals surface area contributed by atoms with E-state index in [2.05, 4.69) is 34.6 Å². The Kier molecular flexibility index (Phi) is 7.44. The van der Waals surface area contributed by atoms with Crippen molar-refractivity contribution in [3.63, 3.8) is 0 Å². The zero-order valence-corrected chi connectivity index (χ0v) is 24.5. The van der Waals surface area contributed by atoms with Crippen LogP contribution in [0.3, 0.4) is 0 Å². The first kappa shape index (κ1) is 28.3. The molecular formula is C32H57NO4. The number of rotatable bonds is 10. The van der Waals surface area contributed by atoms with E-state index in [1.54, 1.807) is 0 Å². The van der Waals surface area contributed by atoms with Gasteiger partial charge < -0.3 is 25.8 Å². The van der Waals surface area contributed by atoms with Crippen molar-refractivity contribution in [2.24, 2.45) is 52.1 Å². The SMILES string of the molecule is CC(C)CCC[C@@H](C)[C@H]1CC[C@H]2[C@@H]3C[C@]4(C(N)(CCO)CCO)O[C@@]45C[C@@H](O)CC[C@]5(C)[C@H]3CC[C@]12C. The Morgan fingerprint density at radius 3 is 2.27 bits per heavy atom. The number of aliphatic hydroxyl groups is 3. The third-order valence-electron chi connectivity index (χ3n) is 13.3. The molecule has 0 radical (unpaired) electrons. The van der Waals surface area contributed by atoms with Gasteiger partial charge >= 0.3 is 0 Å². The molecule has 4 aliphatic carbocycles. The fourth-order valence-corrected chi connectivity index (χ4v) is 11.4. The molecule has 214 valence electrons. The average Bonchev–Trinajstić information content (AvgIpc) is 3.35. The lowest BCUT2D eigenvalue weighted by molar-refractivity contribution is -0.128. The van der Waals surface area contributed by atoms with Crippen molar-refractivity contribution < 1.29 is 20.1 Å². The quantitative estimate of drug-likeness (QED) is 0.288. The smallest absolute Gasteiger partial charge is 0.117 e. The number of ether oxygens (including phenoxy) is 1. The molecule has 1 heterocycles. The number of fused-ring (bicyclic) bond motifs is 4. The molecule has 5 rings (SSSR count). The minimum atomic E-state index is -0.768. The molecule has 5 N–H and O–H groups in total. The summed E-state index contributed by atoms with van der Waals surface area (Å²) in [7, 11) is 0. The molecule has 37 heavy (non-hydrogen) atoms. The van der Waals surface area contributed by atoms with Crippen molar-refractivity contribution in [1.82, 2.24) is 0 Å². The zero-order valence-electron chi connectivity index (χ0n) is 24.5. The summed E-state index contributed by atoms with van der Waals surface area (Å²) in [6.45, 7) is 12.3. The molecule has 5 heteroatoms. The van der Waals surface area contributed by atoms with Crippen molar-refractivity contribution in [3.8, 4) is 0 Å². The van der Waals surface area contributed by atoms with Gasteiger partial charge in [-0.3, -0.25) is 0 Å². The predicted molar refractivity (Wildman–Crippen MR) is 148 cm³/mol. The molecule has 5 fully saturated rings. The van der Waals surface area contributed by atoms with Crippen LogP contribution in [0.2, 0.25) is 0 Å². The van der Waals surface area contributed by atoms with Crippen LogP contribution in [0, 0.1) is 46.3 Å². The van der Waals surface area contributed by atoms with Crippen molar-refractivity contribution in [3.05, 3.63) is 0 Å². The van der Waals surface area contributed by atoms with Crippen LogP contribution in [0.15, 0.2) is 0 Å². The molecule has 10 atom stereocenters. The first-order chi connectivity index (χ1) is 17.4. The normalized spacial score (nSPS) is 47.7. The van der Waals surface area contributed by atoms with Gasteiger partial charge in [0, 0.05) is 25.0 Å². The molecule has 0 aromatic heterocycles. The van der Waals surface area contributed by atoms with Gasteiger partial charge in [-0.1, -0.05) is 53.9 Å².